The zero-order valence-electron chi connectivity index (χ0n) is 8.10. The summed E-state index contributed by atoms with van der Waals surface area (Å²) < 4.78 is 19.3. The monoisotopic (exact) mass is 214 g/mol. The van der Waals surface area contributed by atoms with Gasteiger partial charge in [-0.05, 0) is 31.2 Å². The average Bonchev–Trinajstić information content (AvgIpc) is 2.25. The molecule has 0 atom stereocenters. The van der Waals surface area contributed by atoms with Gasteiger partial charge in [0.15, 0.2) is 0 Å². The normalized spacial score (nSPS) is 10.1. The number of rotatable bonds is 6. The van der Waals surface area contributed by atoms with E-state index in [1.54, 1.807) is 12.1 Å². The van der Waals surface area contributed by atoms with E-state index < -0.39 is 0 Å². The van der Waals surface area contributed by atoms with Crippen LogP contribution >= 0.6 is 12.0 Å². The Morgan fingerprint density at radius 1 is 1.21 bits per heavy atom. The van der Waals surface area contributed by atoms with Crippen LogP contribution in [0.5, 0.6) is 5.75 Å². The van der Waals surface area contributed by atoms with Gasteiger partial charge in [0.2, 0.25) is 0 Å². The maximum atomic E-state index is 8.73. The molecular formula is C10H14O3S. The summed E-state index contributed by atoms with van der Waals surface area (Å²) in [5.74, 6) is 0.794. The van der Waals surface area contributed by atoms with Crippen molar-refractivity contribution in [3.8, 4) is 5.75 Å². The molecule has 0 unspecified atom stereocenters. The van der Waals surface area contributed by atoms with Crippen LogP contribution in [0.3, 0.4) is 0 Å². The van der Waals surface area contributed by atoms with E-state index in [4.69, 9.17) is 14.0 Å². The van der Waals surface area contributed by atoms with Crippen LogP contribution in [-0.4, -0.2) is 24.4 Å². The summed E-state index contributed by atoms with van der Waals surface area (Å²) in [5, 5.41) is 0. The predicted octanol–water partition coefficient (Wildman–Crippen LogP) is 2.67. The van der Waals surface area contributed by atoms with E-state index >= 15 is 0 Å². The molecule has 0 aliphatic rings. The third-order valence-electron chi connectivity index (χ3n) is 1.63. The van der Waals surface area contributed by atoms with E-state index in [9.17, 15) is 0 Å². The molecule has 3 nitrogen and oxygen atoms in total. The van der Waals surface area contributed by atoms with Gasteiger partial charge in [0.1, 0.15) is 12.4 Å². The minimum absolute atomic E-state index is 0.555. The van der Waals surface area contributed by atoms with Gasteiger partial charge in [-0.3, -0.25) is 0 Å². The molecule has 0 amide bonds. The molecule has 0 saturated carbocycles. The molecule has 1 aromatic rings. The standard InChI is InChI=1S/C10H14O3S/c1-2-12-7-8-13-9-3-5-10(14-11)6-4-9/h3-6,11H,2,7-8H2,1H3. The molecule has 0 aromatic heterocycles. The van der Waals surface area contributed by atoms with Crippen LogP contribution in [-0.2, 0) is 4.74 Å². The van der Waals surface area contributed by atoms with Gasteiger partial charge in [-0.25, -0.2) is 0 Å². The molecule has 0 bridgehead atoms. The van der Waals surface area contributed by atoms with Crippen molar-refractivity contribution in [1.29, 1.82) is 0 Å². The first-order chi connectivity index (χ1) is 6.86. The van der Waals surface area contributed by atoms with Crippen LogP contribution in [0.2, 0.25) is 0 Å². The van der Waals surface area contributed by atoms with Gasteiger partial charge in [-0.1, -0.05) is 0 Å². The lowest BCUT2D eigenvalue weighted by Crippen LogP contribution is -2.05. The highest BCUT2D eigenvalue weighted by molar-refractivity contribution is 7.93. The van der Waals surface area contributed by atoms with E-state index in [2.05, 4.69) is 0 Å². The second-order valence-corrected chi connectivity index (χ2v) is 3.26. The van der Waals surface area contributed by atoms with Gasteiger partial charge >= 0.3 is 0 Å². The van der Waals surface area contributed by atoms with Crippen molar-refractivity contribution in [2.45, 2.75) is 11.8 Å². The first kappa shape index (κ1) is 11.4. The molecule has 1 N–H and O–H groups in total. The first-order valence-electron chi connectivity index (χ1n) is 4.49. The maximum absolute atomic E-state index is 8.73. The minimum atomic E-state index is 0.555. The van der Waals surface area contributed by atoms with Gasteiger partial charge in [-0.15, -0.1) is 0 Å². The van der Waals surface area contributed by atoms with E-state index in [0.717, 1.165) is 22.7 Å². The Balaban J connectivity index is 2.29. The summed E-state index contributed by atoms with van der Waals surface area (Å²) in [5.41, 5.74) is 0. The number of hydrogen-bond acceptors (Lipinski definition) is 4. The molecule has 0 radical (unpaired) electrons. The summed E-state index contributed by atoms with van der Waals surface area (Å²) in [6, 6.07) is 7.26. The highest BCUT2D eigenvalue weighted by Gasteiger charge is 1.94. The maximum Gasteiger partial charge on any atom is 0.119 e. The fraction of sp³-hybridized carbons (Fsp3) is 0.400. The third kappa shape index (κ3) is 4.00. The number of ether oxygens (including phenoxy) is 2. The lowest BCUT2D eigenvalue weighted by Gasteiger charge is -2.05. The highest BCUT2D eigenvalue weighted by atomic mass is 32.2. The average molecular weight is 214 g/mol. The second kappa shape index (κ2) is 6.70. The Kier molecular flexibility index (Phi) is 5.44. The smallest absolute Gasteiger partial charge is 0.119 e. The van der Waals surface area contributed by atoms with Crippen molar-refractivity contribution >= 4 is 12.0 Å². The summed E-state index contributed by atoms with van der Waals surface area (Å²) in [6.07, 6.45) is 0. The summed E-state index contributed by atoms with van der Waals surface area (Å²) >= 11 is 0.729. The second-order valence-electron chi connectivity index (χ2n) is 2.61. The molecular weight excluding hydrogens is 200 g/mol. The molecule has 1 rings (SSSR count). The Hall–Kier alpha value is -0.710. The van der Waals surface area contributed by atoms with Gasteiger partial charge in [0, 0.05) is 23.5 Å². The Morgan fingerprint density at radius 3 is 2.50 bits per heavy atom. The topological polar surface area (TPSA) is 38.7 Å². The number of benzene rings is 1. The molecule has 0 aliphatic heterocycles. The van der Waals surface area contributed by atoms with Crippen LogP contribution in [0.25, 0.3) is 0 Å². The van der Waals surface area contributed by atoms with E-state index in [1.165, 1.54) is 0 Å². The van der Waals surface area contributed by atoms with Crippen molar-refractivity contribution in [2.24, 2.45) is 0 Å². The Labute approximate surface area is 88.2 Å². The molecule has 0 saturated heterocycles. The Bertz CT molecular complexity index is 248. The zero-order valence-corrected chi connectivity index (χ0v) is 8.92. The molecule has 0 aliphatic carbocycles. The van der Waals surface area contributed by atoms with E-state index in [0.29, 0.717) is 19.8 Å². The fourth-order valence-corrected chi connectivity index (χ4v) is 1.22. The van der Waals surface area contributed by atoms with Crippen molar-refractivity contribution in [3.63, 3.8) is 0 Å². The lowest BCUT2D eigenvalue weighted by molar-refractivity contribution is 0.110. The van der Waals surface area contributed by atoms with Crippen LogP contribution in [0.4, 0.5) is 0 Å². The molecule has 4 heteroatoms. The van der Waals surface area contributed by atoms with E-state index in [1.807, 2.05) is 19.1 Å². The molecule has 14 heavy (non-hydrogen) atoms. The quantitative estimate of drug-likeness (QED) is 0.583. The fourth-order valence-electron chi connectivity index (χ4n) is 0.960. The summed E-state index contributed by atoms with van der Waals surface area (Å²) in [4.78, 5) is 0.808. The first-order valence-corrected chi connectivity index (χ1v) is 5.26. The van der Waals surface area contributed by atoms with Gasteiger partial charge in [0.05, 0.1) is 6.61 Å². The highest BCUT2D eigenvalue weighted by Crippen LogP contribution is 2.18. The zero-order chi connectivity index (χ0) is 10.2. The molecule has 0 fully saturated rings. The molecule has 78 valence electrons. The SMILES string of the molecule is CCOCCOc1ccc(SO)cc1. The summed E-state index contributed by atoms with van der Waals surface area (Å²) in [7, 11) is 0. The molecule has 1 aromatic carbocycles. The van der Waals surface area contributed by atoms with Gasteiger partial charge in [0.25, 0.3) is 0 Å². The van der Waals surface area contributed by atoms with Crippen molar-refractivity contribution in [3.05, 3.63) is 24.3 Å². The lowest BCUT2D eigenvalue weighted by atomic mass is 10.3. The van der Waals surface area contributed by atoms with Crippen LogP contribution in [0, 0.1) is 0 Å². The van der Waals surface area contributed by atoms with Crippen molar-refractivity contribution in [2.75, 3.05) is 19.8 Å². The number of hydrogen-bond donors (Lipinski definition) is 1. The Morgan fingerprint density at radius 2 is 1.93 bits per heavy atom. The van der Waals surface area contributed by atoms with Crippen LogP contribution in [0.15, 0.2) is 29.2 Å². The van der Waals surface area contributed by atoms with Crippen molar-refractivity contribution < 1.29 is 14.0 Å². The third-order valence-corrected chi connectivity index (χ3v) is 2.11. The van der Waals surface area contributed by atoms with Crippen molar-refractivity contribution in [1.82, 2.24) is 0 Å². The van der Waals surface area contributed by atoms with Gasteiger partial charge in [-0.2, -0.15) is 0 Å². The largest absolute Gasteiger partial charge is 0.491 e. The van der Waals surface area contributed by atoms with E-state index in [-0.39, 0.29) is 0 Å². The minimum Gasteiger partial charge on any atom is -0.491 e. The van der Waals surface area contributed by atoms with Crippen LogP contribution < -0.4 is 4.74 Å². The molecule has 0 spiro atoms. The summed E-state index contributed by atoms with van der Waals surface area (Å²) in [6.45, 7) is 3.82. The van der Waals surface area contributed by atoms with Crippen LogP contribution in [0.1, 0.15) is 6.92 Å². The van der Waals surface area contributed by atoms with Gasteiger partial charge < -0.3 is 14.0 Å². The predicted molar refractivity (Wildman–Crippen MR) is 56.9 cm³/mol. The molecule has 0 heterocycles.